The first-order chi connectivity index (χ1) is 9.26. The van der Waals surface area contributed by atoms with Crippen LogP contribution in [0.25, 0.3) is 0 Å². The lowest BCUT2D eigenvalue weighted by Gasteiger charge is -2.39. The Hall–Kier alpha value is -1.35. The average Bonchev–Trinajstić information content (AvgIpc) is 2.70. The van der Waals surface area contributed by atoms with Crippen LogP contribution in [-0.4, -0.2) is 30.4 Å². The van der Waals surface area contributed by atoms with Gasteiger partial charge in [0.05, 0.1) is 5.41 Å². The summed E-state index contributed by atoms with van der Waals surface area (Å²) in [5, 5.41) is 3.07. The van der Waals surface area contributed by atoms with Crippen LogP contribution in [0.3, 0.4) is 0 Å². The van der Waals surface area contributed by atoms with Crippen molar-refractivity contribution in [2.24, 2.45) is 0 Å². The molecule has 2 aliphatic rings. The third kappa shape index (κ3) is 2.06. The van der Waals surface area contributed by atoms with Crippen LogP contribution in [0, 0.1) is 0 Å². The molecular weight excluding hydrogens is 236 g/mol. The van der Waals surface area contributed by atoms with Gasteiger partial charge in [0.1, 0.15) is 0 Å². The maximum Gasteiger partial charge on any atom is 0.236 e. The Kier molecular flexibility index (Phi) is 3.31. The summed E-state index contributed by atoms with van der Waals surface area (Å²) in [6.07, 6.45) is 4.54. The van der Waals surface area contributed by atoms with Crippen molar-refractivity contribution in [3.8, 4) is 0 Å². The third-order valence-electron chi connectivity index (χ3n) is 4.52. The van der Waals surface area contributed by atoms with Gasteiger partial charge in [-0.1, -0.05) is 31.5 Å². The highest BCUT2D eigenvalue weighted by Gasteiger charge is 2.48. The number of amides is 1. The van der Waals surface area contributed by atoms with Crippen molar-refractivity contribution >= 4 is 11.6 Å². The Morgan fingerprint density at radius 3 is 3.05 bits per heavy atom. The Bertz CT molecular complexity index is 485. The van der Waals surface area contributed by atoms with Gasteiger partial charge in [0.25, 0.3) is 0 Å². The normalized spacial score (nSPS) is 26.5. The van der Waals surface area contributed by atoms with Gasteiger partial charge in [-0.15, -0.1) is 0 Å². The van der Waals surface area contributed by atoms with E-state index in [1.165, 1.54) is 18.4 Å². The summed E-state index contributed by atoms with van der Waals surface area (Å²) in [5.41, 5.74) is 1.94. The van der Waals surface area contributed by atoms with Crippen LogP contribution in [-0.2, 0) is 10.2 Å². The van der Waals surface area contributed by atoms with E-state index in [1.54, 1.807) is 0 Å². The molecule has 1 aromatic carbocycles. The molecule has 3 nitrogen and oxygen atoms in total. The van der Waals surface area contributed by atoms with Gasteiger partial charge in [-0.25, -0.2) is 0 Å². The minimum Gasteiger partial charge on any atom is -0.325 e. The molecule has 1 spiro atoms. The van der Waals surface area contributed by atoms with Gasteiger partial charge in [-0.2, -0.15) is 0 Å². The first-order valence-electron chi connectivity index (χ1n) is 7.39. The second kappa shape index (κ2) is 4.97. The Morgan fingerprint density at radius 1 is 1.37 bits per heavy atom. The lowest BCUT2D eigenvalue weighted by molar-refractivity contribution is -0.122. The van der Waals surface area contributed by atoms with Crippen LogP contribution in [0.1, 0.15) is 38.2 Å². The smallest absolute Gasteiger partial charge is 0.236 e. The number of piperidine rings is 1. The lowest BCUT2D eigenvalue weighted by atomic mass is 9.75. The van der Waals surface area contributed by atoms with Gasteiger partial charge in [0.2, 0.25) is 5.91 Å². The molecule has 0 bridgehead atoms. The summed E-state index contributed by atoms with van der Waals surface area (Å²) >= 11 is 0. The SMILES string of the molecule is CCCCN1CCC[C@@]2(C1)C(=O)Nc1ccccc12. The first kappa shape index (κ1) is 12.7. The molecule has 1 saturated heterocycles. The Balaban J connectivity index is 1.88. The molecule has 1 fully saturated rings. The molecule has 0 unspecified atom stereocenters. The molecule has 0 radical (unpaired) electrons. The van der Waals surface area contributed by atoms with E-state index in [9.17, 15) is 4.79 Å². The van der Waals surface area contributed by atoms with E-state index in [1.807, 2.05) is 18.2 Å². The van der Waals surface area contributed by atoms with Crippen molar-refractivity contribution in [3.63, 3.8) is 0 Å². The minimum absolute atomic E-state index is 0.204. The van der Waals surface area contributed by atoms with Crippen molar-refractivity contribution in [3.05, 3.63) is 29.8 Å². The predicted molar refractivity (Wildman–Crippen MR) is 77.3 cm³/mol. The fourth-order valence-electron chi connectivity index (χ4n) is 3.50. The van der Waals surface area contributed by atoms with Crippen LogP contribution in [0.4, 0.5) is 5.69 Å². The highest BCUT2D eigenvalue weighted by atomic mass is 16.2. The van der Waals surface area contributed by atoms with E-state index in [2.05, 4.69) is 23.2 Å². The summed E-state index contributed by atoms with van der Waals surface area (Å²) in [6.45, 7) is 5.36. The van der Waals surface area contributed by atoms with Crippen molar-refractivity contribution in [1.82, 2.24) is 4.90 Å². The molecule has 3 rings (SSSR count). The number of hydrogen-bond donors (Lipinski definition) is 1. The van der Waals surface area contributed by atoms with Crippen molar-refractivity contribution in [2.45, 2.75) is 38.0 Å². The van der Waals surface area contributed by atoms with Gasteiger partial charge in [0, 0.05) is 12.2 Å². The fraction of sp³-hybridized carbons (Fsp3) is 0.562. The molecule has 2 heterocycles. The average molecular weight is 258 g/mol. The Morgan fingerprint density at radius 2 is 2.21 bits per heavy atom. The van der Waals surface area contributed by atoms with Crippen molar-refractivity contribution in [2.75, 3.05) is 25.0 Å². The zero-order chi connectivity index (χ0) is 13.3. The zero-order valence-electron chi connectivity index (χ0n) is 11.6. The first-order valence-corrected chi connectivity index (χ1v) is 7.39. The number of unbranched alkanes of at least 4 members (excludes halogenated alkanes) is 1. The number of benzene rings is 1. The van der Waals surface area contributed by atoms with Crippen molar-refractivity contribution < 1.29 is 4.79 Å². The molecular formula is C16H22N2O. The number of carbonyl (C=O) groups is 1. The fourth-order valence-corrected chi connectivity index (χ4v) is 3.50. The number of nitrogens with zero attached hydrogens (tertiary/aromatic N) is 1. The zero-order valence-corrected chi connectivity index (χ0v) is 11.6. The van der Waals surface area contributed by atoms with Crippen molar-refractivity contribution in [1.29, 1.82) is 0 Å². The van der Waals surface area contributed by atoms with Crippen LogP contribution in [0.5, 0.6) is 0 Å². The van der Waals surface area contributed by atoms with E-state index in [0.29, 0.717) is 0 Å². The largest absolute Gasteiger partial charge is 0.325 e. The van der Waals surface area contributed by atoms with E-state index in [-0.39, 0.29) is 11.3 Å². The van der Waals surface area contributed by atoms with Gasteiger partial charge >= 0.3 is 0 Å². The standard InChI is InChI=1S/C16H22N2O/c1-2-3-10-18-11-6-9-16(12-18)13-7-4-5-8-14(13)17-15(16)19/h4-5,7-8H,2-3,6,9-12H2,1H3,(H,17,19)/t16-/m0/s1. The topological polar surface area (TPSA) is 32.3 Å². The molecule has 2 aliphatic heterocycles. The highest BCUT2D eigenvalue weighted by molar-refractivity contribution is 6.06. The molecule has 3 heteroatoms. The quantitative estimate of drug-likeness (QED) is 0.904. The summed E-state index contributed by atoms with van der Waals surface area (Å²) in [6, 6.07) is 8.19. The van der Waals surface area contributed by atoms with Crippen LogP contribution >= 0.6 is 0 Å². The molecule has 1 N–H and O–H groups in total. The number of hydrogen-bond acceptors (Lipinski definition) is 2. The van der Waals surface area contributed by atoms with Crippen LogP contribution in [0.2, 0.25) is 0 Å². The lowest BCUT2D eigenvalue weighted by Crippen LogP contribution is -2.50. The van der Waals surface area contributed by atoms with E-state index in [0.717, 1.165) is 38.2 Å². The highest BCUT2D eigenvalue weighted by Crippen LogP contribution is 2.43. The van der Waals surface area contributed by atoms with Gasteiger partial charge in [-0.3, -0.25) is 4.79 Å². The number of nitrogens with one attached hydrogen (secondary N) is 1. The summed E-state index contributed by atoms with van der Waals surface area (Å²) in [5.74, 6) is 0.204. The molecule has 1 amide bonds. The maximum absolute atomic E-state index is 12.5. The van der Waals surface area contributed by atoms with Crippen LogP contribution < -0.4 is 5.32 Å². The number of likely N-dealkylation sites (tertiary alicyclic amines) is 1. The van der Waals surface area contributed by atoms with E-state index in [4.69, 9.17) is 0 Å². The van der Waals surface area contributed by atoms with Crippen LogP contribution in [0.15, 0.2) is 24.3 Å². The van der Waals surface area contributed by atoms with Gasteiger partial charge in [0.15, 0.2) is 0 Å². The second-order valence-corrected chi connectivity index (χ2v) is 5.82. The molecule has 19 heavy (non-hydrogen) atoms. The number of carbonyl (C=O) groups excluding carboxylic acids is 1. The number of rotatable bonds is 3. The van der Waals surface area contributed by atoms with E-state index < -0.39 is 0 Å². The monoisotopic (exact) mass is 258 g/mol. The molecule has 0 aromatic heterocycles. The predicted octanol–water partition coefficient (Wildman–Crippen LogP) is 2.77. The summed E-state index contributed by atoms with van der Waals surface area (Å²) in [7, 11) is 0. The molecule has 0 aliphatic carbocycles. The summed E-state index contributed by atoms with van der Waals surface area (Å²) < 4.78 is 0. The van der Waals surface area contributed by atoms with E-state index >= 15 is 0 Å². The number of para-hydroxylation sites is 1. The third-order valence-corrected chi connectivity index (χ3v) is 4.52. The van der Waals surface area contributed by atoms with Gasteiger partial charge < -0.3 is 10.2 Å². The molecule has 0 saturated carbocycles. The Labute approximate surface area is 115 Å². The molecule has 1 aromatic rings. The molecule has 102 valence electrons. The number of fused-ring (bicyclic) bond motifs is 2. The van der Waals surface area contributed by atoms with Gasteiger partial charge in [-0.05, 0) is 44.0 Å². The summed E-state index contributed by atoms with van der Waals surface area (Å²) in [4.78, 5) is 15.0. The maximum atomic E-state index is 12.5. The second-order valence-electron chi connectivity index (χ2n) is 5.82. The molecule has 1 atom stereocenters. The minimum atomic E-state index is -0.289. The number of anilines is 1.